The number of aryl methyl sites for hydroxylation is 1. The van der Waals surface area contributed by atoms with Crippen LogP contribution in [0.1, 0.15) is 26.0 Å². The molecule has 30 heavy (non-hydrogen) atoms. The molecule has 0 bridgehead atoms. The monoisotopic (exact) mass is 400 g/mol. The Morgan fingerprint density at radius 1 is 1.13 bits per heavy atom. The van der Waals surface area contributed by atoms with E-state index >= 15 is 0 Å². The number of rotatable bonds is 8. The number of benzene rings is 1. The van der Waals surface area contributed by atoms with E-state index in [-0.39, 0.29) is 0 Å². The number of ether oxygens (including phenoxy) is 1. The van der Waals surface area contributed by atoms with E-state index in [2.05, 4.69) is 65.0 Å². The van der Waals surface area contributed by atoms with Crippen molar-refractivity contribution in [3.8, 4) is 16.9 Å². The van der Waals surface area contributed by atoms with Crippen molar-refractivity contribution >= 4 is 16.7 Å². The number of allylic oxidation sites excluding steroid dienone is 3. The van der Waals surface area contributed by atoms with Gasteiger partial charge in [0, 0.05) is 29.4 Å². The van der Waals surface area contributed by atoms with Crippen LogP contribution in [-0.4, -0.2) is 28.6 Å². The highest BCUT2D eigenvalue weighted by atomic mass is 16.5. The lowest BCUT2D eigenvalue weighted by atomic mass is 10.0. The Bertz CT molecular complexity index is 1100. The molecular formula is C25H28N4O. The van der Waals surface area contributed by atoms with Gasteiger partial charge < -0.3 is 10.1 Å². The number of anilines is 1. The smallest absolute Gasteiger partial charge is 0.145 e. The van der Waals surface area contributed by atoms with E-state index < -0.39 is 0 Å². The molecule has 0 radical (unpaired) electrons. The van der Waals surface area contributed by atoms with Crippen LogP contribution in [0.2, 0.25) is 0 Å². The molecule has 0 atom stereocenters. The van der Waals surface area contributed by atoms with Crippen molar-refractivity contribution < 1.29 is 4.74 Å². The lowest BCUT2D eigenvalue weighted by molar-refractivity contribution is 0.419. The zero-order chi connectivity index (χ0) is 21.5. The van der Waals surface area contributed by atoms with Crippen LogP contribution in [0.25, 0.3) is 22.0 Å². The van der Waals surface area contributed by atoms with Crippen molar-refractivity contribution in [3.63, 3.8) is 0 Å². The van der Waals surface area contributed by atoms with E-state index in [1.54, 1.807) is 13.4 Å². The van der Waals surface area contributed by atoms with Gasteiger partial charge in [0.2, 0.25) is 0 Å². The van der Waals surface area contributed by atoms with Crippen molar-refractivity contribution in [2.24, 2.45) is 0 Å². The first-order valence-electron chi connectivity index (χ1n) is 10.0. The summed E-state index contributed by atoms with van der Waals surface area (Å²) in [4.78, 5) is 13.3. The maximum atomic E-state index is 5.61. The van der Waals surface area contributed by atoms with E-state index in [0.717, 1.165) is 45.5 Å². The second-order valence-electron chi connectivity index (χ2n) is 7.19. The minimum absolute atomic E-state index is 0.584. The normalized spacial score (nSPS) is 11.8. The van der Waals surface area contributed by atoms with Gasteiger partial charge >= 0.3 is 0 Å². The van der Waals surface area contributed by atoms with Crippen LogP contribution >= 0.6 is 0 Å². The van der Waals surface area contributed by atoms with Crippen LogP contribution in [0.3, 0.4) is 0 Å². The maximum absolute atomic E-state index is 5.61. The number of methoxy groups -OCH3 is 1. The Hall–Kier alpha value is -3.47. The van der Waals surface area contributed by atoms with Crippen LogP contribution in [-0.2, 0) is 0 Å². The molecular weight excluding hydrogens is 372 g/mol. The highest BCUT2D eigenvalue weighted by Crippen LogP contribution is 2.33. The van der Waals surface area contributed by atoms with Crippen molar-refractivity contribution in [3.05, 3.63) is 78.4 Å². The summed E-state index contributed by atoms with van der Waals surface area (Å²) in [6.07, 6.45) is 10.7. The predicted octanol–water partition coefficient (Wildman–Crippen LogP) is 5.89. The van der Waals surface area contributed by atoms with E-state index in [0.29, 0.717) is 12.3 Å². The van der Waals surface area contributed by atoms with E-state index in [9.17, 15) is 0 Å². The fourth-order valence-electron chi connectivity index (χ4n) is 3.13. The summed E-state index contributed by atoms with van der Waals surface area (Å²) in [5, 5.41) is 4.28. The second kappa shape index (κ2) is 9.83. The van der Waals surface area contributed by atoms with Crippen LogP contribution < -0.4 is 10.1 Å². The summed E-state index contributed by atoms with van der Waals surface area (Å²) in [6.45, 7) is 10.9. The molecule has 0 saturated carbocycles. The Labute approximate surface area is 178 Å². The van der Waals surface area contributed by atoms with Gasteiger partial charge in [-0.15, -0.1) is 0 Å². The van der Waals surface area contributed by atoms with Crippen LogP contribution in [0, 0.1) is 6.92 Å². The van der Waals surface area contributed by atoms with Gasteiger partial charge in [-0.05, 0) is 49.6 Å². The third kappa shape index (κ3) is 5.11. The molecule has 2 aromatic heterocycles. The summed E-state index contributed by atoms with van der Waals surface area (Å²) in [5.41, 5.74) is 5.96. The van der Waals surface area contributed by atoms with Gasteiger partial charge in [-0.1, -0.05) is 43.4 Å². The number of hydrogen-bond donors (Lipinski definition) is 1. The number of nitrogens with one attached hydrogen (secondary N) is 1. The third-order valence-electron chi connectivity index (χ3n) is 4.76. The summed E-state index contributed by atoms with van der Waals surface area (Å²) in [7, 11) is 1.65. The predicted molar refractivity (Wildman–Crippen MR) is 125 cm³/mol. The molecule has 0 aliphatic rings. The zero-order valence-electron chi connectivity index (χ0n) is 18.1. The molecule has 154 valence electrons. The van der Waals surface area contributed by atoms with E-state index in [1.165, 1.54) is 5.57 Å². The number of hydrogen-bond acceptors (Lipinski definition) is 5. The summed E-state index contributed by atoms with van der Waals surface area (Å²) in [5.74, 6) is 1.45. The molecule has 0 fully saturated rings. The molecule has 3 aromatic rings. The molecule has 0 saturated heterocycles. The summed E-state index contributed by atoms with van der Waals surface area (Å²) >= 11 is 0. The molecule has 0 unspecified atom stereocenters. The number of aromatic nitrogens is 3. The maximum Gasteiger partial charge on any atom is 0.145 e. The van der Waals surface area contributed by atoms with Gasteiger partial charge in [0.15, 0.2) is 0 Å². The molecule has 2 heterocycles. The first kappa shape index (κ1) is 21.2. The molecule has 0 amide bonds. The summed E-state index contributed by atoms with van der Waals surface area (Å²) in [6, 6.07) is 8.10. The van der Waals surface area contributed by atoms with Gasteiger partial charge in [0.25, 0.3) is 0 Å². The lowest BCUT2D eigenvalue weighted by Gasteiger charge is -2.13. The van der Waals surface area contributed by atoms with Gasteiger partial charge in [-0.2, -0.15) is 0 Å². The van der Waals surface area contributed by atoms with Gasteiger partial charge in [-0.3, -0.25) is 4.98 Å². The van der Waals surface area contributed by atoms with E-state index in [4.69, 9.17) is 4.74 Å². The highest BCUT2D eigenvalue weighted by Gasteiger charge is 2.12. The average molecular weight is 401 g/mol. The minimum Gasteiger partial charge on any atom is -0.494 e. The third-order valence-corrected chi connectivity index (χ3v) is 4.76. The summed E-state index contributed by atoms with van der Waals surface area (Å²) < 4.78 is 5.61. The molecule has 5 heteroatoms. The minimum atomic E-state index is 0.584. The fourth-order valence-corrected chi connectivity index (χ4v) is 3.13. The van der Waals surface area contributed by atoms with Gasteiger partial charge in [0.05, 0.1) is 7.11 Å². The van der Waals surface area contributed by atoms with Crippen LogP contribution in [0.15, 0.2) is 72.7 Å². The molecule has 1 N–H and O–H groups in total. The van der Waals surface area contributed by atoms with Crippen LogP contribution in [0.4, 0.5) is 5.82 Å². The molecule has 0 aliphatic carbocycles. The Morgan fingerprint density at radius 2 is 1.97 bits per heavy atom. The van der Waals surface area contributed by atoms with E-state index in [1.807, 2.05) is 31.3 Å². The second-order valence-corrected chi connectivity index (χ2v) is 7.19. The van der Waals surface area contributed by atoms with Gasteiger partial charge in [0.1, 0.15) is 23.4 Å². The first-order valence-corrected chi connectivity index (χ1v) is 10.0. The van der Waals surface area contributed by atoms with Crippen molar-refractivity contribution in [1.82, 2.24) is 15.0 Å². The largest absolute Gasteiger partial charge is 0.494 e. The van der Waals surface area contributed by atoms with Crippen molar-refractivity contribution in [1.29, 1.82) is 0 Å². The number of fused-ring (bicyclic) bond motifs is 1. The topological polar surface area (TPSA) is 59.9 Å². The van der Waals surface area contributed by atoms with Crippen molar-refractivity contribution in [2.75, 3.05) is 19.0 Å². The molecule has 5 nitrogen and oxygen atoms in total. The number of nitrogens with zero attached hydrogens (tertiary/aromatic N) is 3. The zero-order valence-corrected chi connectivity index (χ0v) is 18.1. The highest BCUT2D eigenvalue weighted by molar-refractivity contribution is 5.96. The Kier molecular flexibility index (Phi) is 6.96. The molecule has 3 rings (SSSR count). The molecule has 0 spiro atoms. The SMILES string of the molecule is C=C(/C=C\C(C)=C\CC)CNc1ncnc2c(OC)cc(-c3ccc(C)nc3)cc12. The fraction of sp³-hybridized carbons (Fsp3) is 0.240. The number of pyridine rings is 1. The first-order chi connectivity index (χ1) is 14.5. The Morgan fingerprint density at radius 3 is 2.67 bits per heavy atom. The van der Waals surface area contributed by atoms with Crippen LogP contribution in [0.5, 0.6) is 5.75 Å². The lowest BCUT2D eigenvalue weighted by Crippen LogP contribution is -2.06. The molecule has 1 aromatic carbocycles. The Balaban J connectivity index is 1.91. The average Bonchev–Trinajstić information content (AvgIpc) is 2.76. The van der Waals surface area contributed by atoms with Gasteiger partial charge in [-0.25, -0.2) is 9.97 Å². The quantitative estimate of drug-likeness (QED) is 0.478. The standard InChI is InChI=1S/C25H28N4O/c1-6-7-17(2)8-9-18(3)14-27-25-22-12-21(20-11-10-19(4)26-15-20)13-23(30-5)24(22)28-16-29-25/h7-13,15-16H,3,6,14H2,1-2,4-5H3,(H,27,28,29)/b9-8-,17-7+. The molecule has 0 aliphatic heterocycles. The van der Waals surface area contributed by atoms with Crippen molar-refractivity contribution in [2.45, 2.75) is 27.2 Å².